The number of benzene rings is 1. The third-order valence-electron chi connectivity index (χ3n) is 4.43. The first-order chi connectivity index (χ1) is 13.9. The van der Waals surface area contributed by atoms with Crippen molar-refractivity contribution in [2.75, 3.05) is 0 Å². The molecule has 2 aromatic heterocycles. The van der Waals surface area contributed by atoms with Crippen molar-refractivity contribution in [2.24, 2.45) is 0 Å². The van der Waals surface area contributed by atoms with E-state index in [9.17, 15) is 9.59 Å². The van der Waals surface area contributed by atoms with E-state index in [4.69, 9.17) is 9.26 Å². The van der Waals surface area contributed by atoms with Crippen LogP contribution in [0.4, 0.5) is 0 Å². The zero-order valence-electron chi connectivity index (χ0n) is 16.6. The second-order valence-electron chi connectivity index (χ2n) is 6.89. The highest BCUT2D eigenvalue weighted by molar-refractivity contribution is 5.94. The molecule has 1 N–H and O–H groups in total. The van der Waals surface area contributed by atoms with Crippen LogP contribution in [0.3, 0.4) is 0 Å². The van der Waals surface area contributed by atoms with E-state index in [0.29, 0.717) is 23.5 Å². The van der Waals surface area contributed by atoms with Crippen molar-refractivity contribution in [3.63, 3.8) is 0 Å². The lowest BCUT2D eigenvalue weighted by atomic mass is 10.1. The van der Waals surface area contributed by atoms with E-state index in [2.05, 4.69) is 15.5 Å². The van der Waals surface area contributed by atoms with Gasteiger partial charge in [-0.15, -0.1) is 0 Å². The Morgan fingerprint density at radius 2 is 1.97 bits per heavy atom. The fraction of sp³-hybridized carbons (Fsp3) is 0.273. The van der Waals surface area contributed by atoms with Crippen LogP contribution in [0.1, 0.15) is 51.7 Å². The van der Waals surface area contributed by atoms with Crippen LogP contribution >= 0.6 is 0 Å². The summed E-state index contributed by atoms with van der Waals surface area (Å²) in [6, 6.07) is 12.1. The van der Waals surface area contributed by atoms with Gasteiger partial charge in [-0.2, -0.15) is 0 Å². The molecule has 0 aliphatic carbocycles. The minimum absolute atomic E-state index is 0.00475. The molecule has 2 heterocycles. The topological polar surface area (TPSA) is 94.3 Å². The first kappa shape index (κ1) is 20.3. The average Bonchev–Trinajstić information content (AvgIpc) is 3.18. The molecule has 0 unspecified atom stereocenters. The van der Waals surface area contributed by atoms with Gasteiger partial charge in [0.15, 0.2) is 17.2 Å². The molecule has 0 spiro atoms. The lowest BCUT2D eigenvalue weighted by molar-refractivity contribution is 0.0929. The maximum absolute atomic E-state index is 12.4. The molecular formula is C22H23N3O4. The molecule has 0 aliphatic rings. The quantitative estimate of drug-likeness (QED) is 0.589. The Labute approximate surface area is 169 Å². The monoisotopic (exact) mass is 393 g/mol. The molecule has 1 atom stereocenters. The van der Waals surface area contributed by atoms with E-state index in [-0.39, 0.29) is 30.0 Å². The maximum atomic E-state index is 12.4. The molecule has 0 radical (unpaired) electrons. The molecule has 1 aromatic carbocycles. The molecular weight excluding hydrogens is 370 g/mol. The van der Waals surface area contributed by atoms with Crippen LogP contribution in [0, 0.1) is 6.92 Å². The Hall–Kier alpha value is -3.48. The van der Waals surface area contributed by atoms with E-state index in [1.807, 2.05) is 26.0 Å². The van der Waals surface area contributed by atoms with Gasteiger partial charge in [0, 0.05) is 36.0 Å². The van der Waals surface area contributed by atoms with Gasteiger partial charge in [-0.3, -0.25) is 14.6 Å². The number of Topliss-reactive ketones (excluding diaryl/α,β-unsaturated/α-hetero) is 1. The summed E-state index contributed by atoms with van der Waals surface area (Å²) in [5, 5.41) is 6.72. The fourth-order valence-electron chi connectivity index (χ4n) is 2.80. The Morgan fingerprint density at radius 3 is 2.66 bits per heavy atom. The summed E-state index contributed by atoms with van der Waals surface area (Å²) in [5.41, 5.74) is 2.85. The van der Waals surface area contributed by atoms with Gasteiger partial charge in [0.05, 0.1) is 0 Å². The number of carbonyl (C=O) groups is 2. The molecule has 1 amide bonds. The van der Waals surface area contributed by atoms with Crippen molar-refractivity contribution in [2.45, 2.75) is 39.8 Å². The number of ketones is 1. The molecule has 150 valence electrons. The summed E-state index contributed by atoms with van der Waals surface area (Å²) in [5.74, 6) is 0.706. The third kappa shape index (κ3) is 5.51. The highest BCUT2D eigenvalue weighted by atomic mass is 16.5. The smallest absolute Gasteiger partial charge is 0.273 e. The number of carbonyl (C=O) groups excluding carboxylic acids is 2. The van der Waals surface area contributed by atoms with Gasteiger partial charge >= 0.3 is 0 Å². The van der Waals surface area contributed by atoms with Crippen molar-refractivity contribution >= 4 is 11.7 Å². The summed E-state index contributed by atoms with van der Waals surface area (Å²) in [6.45, 7) is 5.55. The molecule has 3 rings (SSSR count). The number of rotatable bonds is 8. The number of amides is 1. The second-order valence-corrected chi connectivity index (χ2v) is 6.89. The standard InChI is InChI=1S/C22H23N3O4/c1-14-5-4-10-23-20(14)11-15(2)24-22(27)21-12-19(29-25-21)13-28-18-8-6-17(7-9-18)16(3)26/h4-10,12,15H,11,13H2,1-3H3,(H,24,27)/t15-/m0/s1. The number of nitrogens with one attached hydrogen (secondary N) is 1. The maximum Gasteiger partial charge on any atom is 0.273 e. The van der Waals surface area contributed by atoms with Crippen LogP contribution in [0.25, 0.3) is 0 Å². The van der Waals surface area contributed by atoms with Crippen molar-refractivity contribution < 1.29 is 18.8 Å². The first-order valence-electron chi connectivity index (χ1n) is 9.33. The second kappa shape index (κ2) is 9.14. The van der Waals surface area contributed by atoms with Crippen molar-refractivity contribution in [3.05, 3.63) is 76.9 Å². The van der Waals surface area contributed by atoms with Gasteiger partial charge in [0.2, 0.25) is 0 Å². The van der Waals surface area contributed by atoms with Gasteiger partial charge < -0.3 is 14.6 Å². The number of hydrogen-bond acceptors (Lipinski definition) is 6. The molecule has 3 aromatic rings. The van der Waals surface area contributed by atoms with E-state index >= 15 is 0 Å². The van der Waals surface area contributed by atoms with Crippen LogP contribution < -0.4 is 10.1 Å². The fourth-order valence-corrected chi connectivity index (χ4v) is 2.80. The predicted octanol–water partition coefficient (Wildman–Crippen LogP) is 3.52. The highest BCUT2D eigenvalue weighted by Gasteiger charge is 2.16. The number of ether oxygens (including phenoxy) is 1. The highest BCUT2D eigenvalue weighted by Crippen LogP contribution is 2.15. The van der Waals surface area contributed by atoms with Gasteiger partial charge in [-0.25, -0.2) is 0 Å². The minimum atomic E-state index is -0.313. The van der Waals surface area contributed by atoms with Gasteiger partial charge in [-0.1, -0.05) is 11.2 Å². The number of aryl methyl sites for hydroxylation is 1. The average molecular weight is 393 g/mol. The summed E-state index contributed by atoms with van der Waals surface area (Å²) < 4.78 is 10.8. The lowest BCUT2D eigenvalue weighted by Gasteiger charge is -2.13. The molecule has 7 heteroatoms. The van der Waals surface area contributed by atoms with E-state index in [1.165, 1.54) is 6.92 Å². The van der Waals surface area contributed by atoms with Gasteiger partial charge in [0.25, 0.3) is 5.91 Å². The summed E-state index contributed by atoms with van der Waals surface area (Å²) in [7, 11) is 0. The first-order valence-corrected chi connectivity index (χ1v) is 9.33. The zero-order valence-corrected chi connectivity index (χ0v) is 16.6. The molecule has 0 saturated heterocycles. The van der Waals surface area contributed by atoms with E-state index in [0.717, 1.165) is 11.3 Å². The van der Waals surface area contributed by atoms with Crippen LogP contribution in [0.5, 0.6) is 5.75 Å². The number of pyridine rings is 1. The Bertz CT molecular complexity index is 995. The number of hydrogen-bond donors (Lipinski definition) is 1. The van der Waals surface area contributed by atoms with Crippen LogP contribution in [0.15, 0.2) is 53.2 Å². The number of aromatic nitrogens is 2. The lowest BCUT2D eigenvalue weighted by Crippen LogP contribution is -2.34. The SMILES string of the molecule is CC(=O)c1ccc(OCc2cc(C(=O)N[C@@H](C)Cc3ncccc3C)no2)cc1. The normalized spacial score (nSPS) is 11.7. The molecule has 0 fully saturated rings. The summed E-state index contributed by atoms with van der Waals surface area (Å²) in [6.07, 6.45) is 2.37. The third-order valence-corrected chi connectivity index (χ3v) is 4.43. The van der Waals surface area contributed by atoms with Gasteiger partial charge in [0.1, 0.15) is 12.4 Å². The van der Waals surface area contributed by atoms with E-state index in [1.54, 1.807) is 36.5 Å². The summed E-state index contributed by atoms with van der Waals surface area (Å²) >= 11 is 0. The Balaban J connectivity index is 1.52. The molecule has 0 aliphatic heterocycles. The number of nitrogens with zero attached hydrogens (tertiary/aromatic N) is 2. The van der Waals surface area contributed by atoms with Gasteiger partial charge in [-0.05, 0) is 56.7 Å². The minimum Gasteiger partial charge on any atom is -0.486 e. The molecule has 0 bridgehead atoms. The Morgan fingerprint density at radius 1 is 1.21 bits per heavy atom. The van der Waals surface area contributed by atoms with Crippen LogP contribution in [0.2, 0.25) is 0 Å². The zero-order chi connectivity index (χ0) is 20.8. The largest absolute Gasteiger partial charge is 0.486 e. The molecule has 29 heavy (non-hydrogen) atoms. The van der Waals surface area contributed by atoms with Crippen LogP contribution in [-0.2, 0) is 13.0 Å². The molecule has 7 nitrogen and oxygen atoms in total. The molecule has 0 saturated carbocycles. The van der Waals surface area contributed by atoms with Crippen molar-refractivity contribution in [1.29, 1.82) is 0 Å². The Kier molecular flexibility index (Phi) is 6.39. The van der Waals surface area contributed by atoms with Crippen molar-refractivity contribution in [3.8, 4) is 5.75 Å². The summed E-state index contributed by atoms with van der Waals surface area (Å²) in [4.78, 5) is 28.0. The van der Waals surface area contributed by atoms with Crippen molar-refractivity contribution in [1.82, 2.24) is 15.5 Å². The van der Waals surface area contributed by atoms with Crippen LogP contribution in [-0.4, -0.2) is 27.9 Å². The van der Waals surface area contributed by atoms with E-state index < -0.39 is 0 Å². The predicted molar refractivity (Wildman–Crippen MR) is 107 cm³/mol.